The number of esters is 1. The zero-order valence-corrected chi connectivity index (χ0v) is 18.2. The highest BCUT2D eigenvalue weighted by Crippen LogP contribution is 2.31. The van der Waals surface area contributed by atoms with E-state index >= 15 is 0 Å². The highest BCUT2D eigenvalue weighted by Gasteiger charge is 2.22. The third-order valence-corrected chi connectivity index (χ3v) is 5.34. The van der Waals surface area contributed by atoms with E-state index in [0.717, 1.165) is 46.9 Å². The molecule has 5 nitrogen and oxygen atoms in total. The van der Waals surface area contributed by atoms with Gasteiger partial charge in [-0.1, -0.05) is 50.1 Å². The molecular formula is C27H27NO4. The number of furan rings is 1. The largest absolute Gasteiger partial charge is 0.479 e. The number of carbonyl (C=O) groups excluding carboxylic acids is 1. The minimum absolute atomic E-state index is 0.185. The number of nitrogens with zero attached hydrogens (tertiary/aromatic N) is 1. The average molecular weight is 430 g/mol. The lowest BCUT2D eigenvalue weighted by atomic mass is 10.1. The number of benzene rings is 2. The Kier molecular flexibility index (Phi) is 7.18. The fourth-order valence-electron chi connectivity index (χ4n) is 3.60. The van der Waals surface area contributed by atoms with E-state index < -0.39 is 6.10 Å². The Balaban J connectivity index is 1.44. The van der Waals surface area contributed by atoms with Gasteiger partial charge in [-0.2, -0.15) is 0 Å². The maximum atomic E-state index is 12.7. The van der Waals surface area contributed by atoms with Gasteiger partial charge in [-0.05, 0) is 43.2 Å². The Morgan fingerprint density at radius 1 is 1.03 bits per heavy atom. The highest BCUT2D eigenvalue weighted by atomic mass is 16.6. The highest BCUT2D eigenvalue weighted by molar-refractivity contribution is 5.94. The van der Waals surface area contributed by atoms with E-state index in [1.807, 2.05) is 60.7 Å². The lowest BCUT2D eigenvalue weighted by molar-refractivity contribution is -0.153. The molecule has 0 bridgehead atoms. The van der Waals surface area contributed by atoms with Crippen molar-refractivity contribution < 1.29 is 18.7 Å². The van der Waals surface area contributed by atoms with Gasteiger partial charge in [0.05, 0.1) is 6.26 Å². The number of carbonyl (C=O) groups is 1. The predicted molar refractivity (Wildman–Crippen MR) is 124 cm³/mol. The summed E-state index contributed by atoms with van der Waals surface area (Å²) in [7, 11) is 0. The molecule has 2 aromatic heterocycles. The van der Waals surface area contributed by atoms with Crippen LogP contribution in [0.1, 0.15) is 38.2 Å². The van der Waals surface area contributed by atoms with Gasteiger partial charge in [-0.15, -0.1) is 0 Å². The van der Waals surface area contributed by atoms with Crippen LogP contribution < -0.4 is 4.74 Å². The van der Waals surface area contributed by atoms with Crippen molar-refractivity contribution in [1.29, 1.82) is 0 Å². The Morgan fingerprint density at radius 2 is 1.88 bits per heavy atom. The molecule has 2 heterocycles. The van der Waals surface area contributed by atoms with Crippen LogP contribution in [-0.2, 0) is 16.1 Å². The second-order valence-corrected chi connectivity index (χ2v) is 7.75. The van der Waals surface area contributed by atoms with Crippen LogP contribution >= 0.6 is 0 Å². The summed E-state index contributed by atoms with van der Waals surface area (Å²) in [6.07, 6.45) is 8.13. The summed E-state index contributed by atoms with van der Waals surface area (Å²) in [6, 6.07) is 19.4. The number of unbranched alkanes of at least 4 members (excludes halogenated alkanes) is 2. The van der Waals surface area contributed by atoms with Gasteiger partial charge in [0.2, 0.25) is 0 Å². The molecule has 4 rings (SSSR count). The molecule has 0 aliphatic carbocycles. The molecule has 0 aliphatic heterocycles. The molecule has 0 saturated carbocycles. The second kappa shape index (κ2) is 10.6. The first-order valence-electron chi connectivity index (χ1n) is 11.0. The van der Waals surface area contributed by atoms with E-state index in [2.05, 4.69) is 11.9 Å². The van der Waals surface area contributed by atoms with Crippen LogP contribution in [0.25, 0.3) is 22.1 Å². The zero-order valence-electron chi connectivity index (χ0n) is 18.2. The topological polar surface area (TPSA) is 61.6 Å². The quantitative estimate of drug-likeness (QED) is 0.211. The van der Waals surface area contributed by atoms with Crippen LogP contribution in [0.15, 0.2) is 83.7 Å². The molecule has 0 fully saturated rings. The summed E-state index contributed by atoms with van der Waals surface area (Å²) in [5, 5.41) is 2.13. The van der Waals surface area contributed by atoms with Crippen LogP contribution in [0, 0.1) is 0 Å². The first-order chi connectivity index (χ1) is 15.7. The summed E-state index contributed by atoms with van der Waals surface area (Å²) < 4.78 is 17.3. The number of hydrogen-bond donors (Lipinski definition) is 0. The molecule has 0 spiro atoms. The zero-order chi connectivity index (χ0) is 22.2. The molecule has 2 aromatic carbocycles. The van der Waals surface area contributed by atoms with Crippen molar-refractivity contribution in [3.8, 4) is 17.1 Å². The molecule has 0 N–H and O–H groups in total. The standard InChI is InChI=1S/C27H27NO4/c1-2-3-4-11-25(27(29)31-18-20-8-7-16-28-17-20)32-23-14-12-21(13-15-23)26-24-10-6-5-9-22(24)19-30-26/h5-10,12-17,19,25H,2-4,11,18H2,1H3. The van der Waals surface area contributed by atoms with Crippen LogP contribution in [0.2, 0.25) is 0 Å². The molecule has 32 heavy (non-hydrogen) atoms. The predicted octanol–water partition coefficient (Wildman–Crippen LogP) is 6.57. The number of pyridine rings is 1. The molecule has 0 radical (unpaired) electrons. The van der Waals surface area contributed by atoms with Crippen LogP contribution in [-0.4, -0.2) is 17.1 Å². The van der Waals surface area contributed by atoms with Crippen LogP contribution in [0.5, 0.6) is 5.75 Å². The first-order valence-corrected chi connectivity index (χ1v) is 11.0. The Hall–Kier alpha value is -3.60. The molecule has 0 saturated heterocycles. The summed E-state index contributed by atoms with van der Waals surface area (Å²) >= 11 is 0. The molecule has 5 heteroatoms. The Morgan fingerprint density at radius 3 is 2.66 bits per heavy atom. The van der Waals surface area contributed by atoms with Crippen molar-refractivity contribution in [2.75, 3.05) is 0 Å². The van der Waals surface area contributed by atoms with Gasteiger partial charge in [0.25, 0.3) is 0 Å². The summed E-state index contributed by atoms with van der Waals surface area (Å²) in [5.41, 5.74) is 1.81. The van der Waals surface area contributed by atoms with Gasteiger partial charge in [0.1, 0.15) is 18.1 Å². The number of hydrogen-bond acceptors (Lipinski definition) is 5. The normalized spacial score (nSPS) is 11.9. The van der Waals surface area contributed by atoms with Gasteiger partial charge in [0.15, 0.2) is 6.10 Å². The Bertz CT molecular complexity index is 1140. The van der Waals surface area contributed by atoms with E-state index in [1.165, 1.54) is 0 Å². The van der Waals surface area contributed by atoms with Gasteiger partial charge < -0.3 is 13.9 Å². The van der Waals surface area contributed by atoms with Gasteiger partial charge >= 0.3 is 5.97 Å². The maximum Gasteiger partial charge on any atom is 0.347 e. The minimum Gasteiger partial charge on any atom is -0.479 e. The van der Waals surface area contributed by atoms with E-state index in [9.17, 15) is 4.79 Å². The van der Waals surface area contributed by atoms with Gasteiger partial charge in [0, 0.05) is 34.3 Å². The molecule has 0 aliphatic rings. The molecular weight excluding hydrogens is 402 g/mol. The van der Waals surface area contributed by atoms with Crippen molar-refractivity contribution in [2.45, 2.75) is 45.3 Å². The molecule has 1 atom stereocenters. The summed E-state index contributed by atoms with van der Waals surface area (Å²) in [6.45, 7) is 2.32. The van der Waals surface area contributed by atoms with Crippen molar-refractivity contribution in [3.05, 3.63) is 84.9 Å². The summed E-state index contributed by atoms with van der Waals surface area (Å²) in [5.74, 6) is 1.10. The lowest BCUT2D eigenvalue weighted by Gasteiger charge is -2.18. The first kappa shape index (κ1) is 21.6. The molecule has 4 aromatic rings. The Labute approximate surface area is 188 Å². The fraction of sp³-hybridized carbons (Fsp3) is 0.259. The maximum absolute atomic E-state index is 12.7. The second-order valence-electron chi connectivity index (χ2n) is 7.75. The fourth-order valence-corrected chi connectivity index (χ4v) is 3.60. The molecule has 1 unspecified atom stereocenters. The van der Waals surface area contributed by atoms with Gasteiger partial charge in [-0.3, -0.25) is 4.98 Å². The van der Waals surface area contributed by atoms with E-state index in [4.69, 9.17) is 13.9 Å². The van der Waals surface area contributed by atoms with Gasteiger partial charge in [-0.25, -0.2) is 4.79 Å². The number of fused-ring (bicyclic) bond motifs is 1. The number of rotatable bonds is 10. The van der Waals surface area contributed by atoms with E-state index in [-0.39, 0.29) is 12.6 Å². The molecule has 164 valence electrons. The van der Waals surface area contributed by atoms with E-state index in [1.54, 1.807) is 18.7 Å². The average Bonchev–Trinajstić information content (AvgIpc) is 3.27. The molecule has 0 amide bonds. The van der Waals surface area contributed by atoms with Crippen molar-refractivity contribution in [2.24, 2.45) is 0 Å². The summed E-state index contributed by atoms with van der Waals surface area (Å²) in [4.78, 5) is 16.8. The number of aromatic nitrogens is 1. The minimum atomic E-state index is -0.645. The van der Waals surface area contributed by atoms with Crippen LogP contribution in [0.4, 0.5) is 0 Å². The van der Waals surface area contributed by atoms with Crippen LogP contribution in [0.3, 0.4) is 0 Å². The van der Waals surface area contributed by atoms with E-state index in [0.29, 0.717) is 12.2 Å². The van der Waals surface area contributed by atoms with Crippen molar-refractivity contribution in [1.82, 2.24) is 4.98 Å². The SMILES string of the molecule is CCCCCC(Oc1ccc(-c2occ3ccccc23)cc1)C(=O)OCc1cccnc1. The van der Waals surface area contributed by atoms with Crippen molar-refractivity contribution in [3.63, 3.8) is 0 Å². The smallest absolute Gasteiger partial charge is 0.347 e. The lowest BCUT2D eigenvalue weighted by Crippen LogP contribution is -2.29. The monoisotopic (exact) mass is 429 g/mol. The third kappa shape index (κ3) is 5.35. The third-order valence-electron chi connectivity index (χ3n) is 5.34. The van der Waals surface area contributed by atoms with Crippen molar-refractivity contribution >= 4 is 16.7 Å². The number of ether oxygens (including phenoxy) is 2.